The van der Waals surface area contributed by atoms with Crippen molar-refractivity contribution in [2.45, 2.75) is 17.9 Å². The first-order chi connectivity index (χ1) is 9.53. The third kappa shape index (κ3) is 1.24. The molecule has 2 atom stereocenters. The Morgan fingerprint density at radius 3 is 2.95 bits per heavy atom. The molecule has 102 valence electrons. The molecule has 2 heterocycles. The van der Waals surface area contributed by atoms with Gasteiger partial charge in [-0.05, 0) is 18.1 Å². The van der Waals surface area contributed by atoms with Crippen LogP contribution in [0.3, 0.4) is 0 Å². The number of hydrogen-bond acceptors (Lipinski definition) is 3. The third-order valence-corrected chi connectivity index (χ3v) is 4.20. The number of nitrogens with zero attached hydrogens (tertiary/aromatic N) is 2. The van der Waals surface area contributed by atoms with Crippen molar-refractivity contribution in [3.8, 4) is 0 Å². The normalized spacial score (nSPS) is 28.0. The molecule has 1 saturated heterocycles. The molecule has 3 amide bonds. The van der Waals surface area contributed by atoms with Gasteiger partial charge in [0.05, 0.1) is 17.1 Å². The number of imide groups is 1. The van der Waals surface area contributed by atoms with Crippen molar-refractivity contribution < 1.29 is 14.0 Å². The summed E-state index contributed by atoms with van der Waals surface area (Å²) in [4.78, 5) is 23.0. The summed E-state index contributed by atoms with van der Waals surface area (Å²) in [6.45, 7) is 0. The van der Waals surface area contributed by atoms with Gasteiger partial charge in [0.15, 0.2) is 0 Å². The number of carbonyl (C=O) groups is 2. The van der Waals surface area contributed by atoms with Crippen LogP contribution >= 0.6 is 0 Å². The van der Waals surface area contributed by atoms with Crippen LogP contribution < -0.4 is 10.6 Å². The number of benzene rings is 1. The Morgan fingerprint density at radius 1 is 1.45 bits per heavy atom. The third-order valence-electron chi connectivity index (χ3n) is 4.20. The zero-order chi connectivity index (χ0) is 14.1. The van der Waals surface area contributed by atoms with E-state index >= 15 is 0 Å². The van der Waals surface area contributed by atoms with E-state index in [0.29, 0.717) is 22.9 Å². The Bertz CT molecular complexity index is 784. The monoisotopic (exact) mass is 274 g/mol. The molecule has 2 unspecified atom stereocenters. The molecule has 4 rings (SSSR count). The maximum atomic E-state index is 14.5. The Hall–Kier alpha value is -2.44. The lowest BCUT2D eigenvalue weighted by atomic mass is 10.0. The summed E-state index contributed by atoms with van der Waals surface area (Å²) in [5.41, 5.74) is 0.178. The zero-order valence-corrected chi connectivity index (χ0v) is 10.6. The zero-order valence-electron chi connectivity index (χ0n) is 10.6. The highest BCUT2D eigenvalue weighted by atomic mass is 19.1. The Morgan fingerprint density at radius 2 is 2.25 bits per heavy atom. The van der Waals surface area contributed by atoms with E-state index in [1.807, 2.05) is 0 Å². The van der Waals surface area contributed by atoms with Crippen molar-refractivity contribution in [2.75, 3.05) is 0 Å². The van der Waals surface area contributed by atoms with Crippen LogP contribution in [0, 0.1) is 5.82 Å². The number of amides is 3. The van der Waals surface area contributed by atoms with Gasteiger partial charge in [-0.1, -0.05) is 6.07 Å². The van der Waals surface area contributed by atoms with E-state index in [2.05, 4.69) is 15.7 Å². The summed E-state index contributed by atoms with van der Waals surface area (Å²) in [6.07, 6.45) is 1.89. The average molecular weight is 274 g/mol. The molecule has 1 aromatic heterocycles. The lowest BCUT2D eigenvalue weighted by Gasteiger charge is -2.08. The van der Waals surface area contributed by atoms with E-state index < -0.39 is 11.6 Å². The lowest BCUT2D eigenvalue weighted by Crippen LogP contribution is -2.33. The lowest BCUT2D eigenvalue weighted by molar-refractivity contribution is -0.121. The second-order valence-corrected chi connectivity index (χ2v) is 5.31. The van der Waals surface area contributed by atoms with Crippen LogP contribution in [0.4, 0.5) is 9.18 Å². The van der Waals surface area contributed by atoms with Gasteiger partial charge in [-0.25, -0.2) is 9.18 Å². The van der Waals surface area contributed by atoms with Gasteiger partial charge in [0, 0.05) is 13.0 Å². The number of urea groups is 1. The van der Waals surface area contributed by atoms with Gasteiger partial charge < -0.3 is 5.32 Å². The molecule has 7 heteroatoms. The average Bonchev–Trinajstić information content (AvgIpc) is 2.86. The summed E-state index contributed by atoms with van der Waals surface area (Å²) in [7, 11) is 1.74. The van der Waals surface area contributed by atoms with Crippen molar-refractivity contribution in [3.05, 3.63) is 29.7 Å². The fraction of sp³-hybridized carbons (Fsp3) is 0.308. The summed E-state index contributed by atoms with van der Waals surface area (Å²) < 4.78 is 16.1. The van der Waals surface area contributed by atoms with Crippen LogP contribution in [0.25, 0.3) is 10.9 Å². The molecule has 1 aliphatic heterocycles. The quantitative estimate of drug-likeness (QED) is 0.754. The molecule has 2 aromatic rings. The predicted molar refractivity (Wildman–Crippen MR) is 67.4 cm³/mol. The SMILES string of the molecule is Cn1ncc2c(F)c(C3CC34NC(=O)NC4=O)ccc21. The molecular weight excluding hydrogens is 263 g/mol. The molecule has 6 nitrogen and oxygen atoms in total. The summed E-state index contributed by atoms with van der Waals surface area (Å²) >= 11 is 0. The van der Waals surface area contributed by atoms with Crippen molar-refractivity contribution in [1.82, 2.24) is 20.4 Å². The molecule has 20 heavy (non-hydrogen) atoms. The van der Waals surface area contributed by atoms with Gasteiger partial charge in [0.1, 0.15) is 11.4 Å². The molecule has 0 radical (unpaired) electrons. The second kappa shape index (κ2) is 3.36. The number of fused-ring (bicyclic) bond motifs is 1. The molecular formula is C13H11FN4O2. The van der Waals surface area contributed by atoms with Crippen LogP contribution in [0.5, 0.6) is 0 Å². The molecule has 1 spiro atoms. The first-order valence-corrected chi connectivity index (χ1v) is 6.26. The minimum atomic E-state index is -0.964. The van der Waals surface area contributed by atoms with E-state index in [1.165, 1.54) is 6.20 Å². The van der Waals surface area contributed by atoms with E-state index in [1.54, 1.807) is 23.9 Å². The molecule has 2 N–H and O–H groups in total. The van der Waals surface area contributed by atoms with Crippen LogP contribution in [0.1, 0.15) is 17.9 Å². The number of aryl methyl sites for hydroxylation is 1. The topological polar surface area (TPSA) is 76.0 Å². The highest BCUT2D eigenvalue weighted by Gasteiger charge is 2.65. The first-order valence-electron chi connectivity index (χ1n) is 6.26. The summed E-state index contributed by atoms with van der Waals surface area (Å²) in [6, 6.07) is 2.93. The number of rotatable bonds is 1. The predicted octanol–water partition coefficient (Wildman–Crippen LogP) is 0.778. The van der Waals surface area contributed by atoms with Crippen LogP contribution in [0.2, 0.25) is 0 Å². The highest BCUT2D eigenvalue weighted by molar-refractivity contribution is 6.10. The second-order valence-electron chi connectivity index (χ2n) is 5.31. The van der Waals surface area contributed by atoms with Gasteiger partial charge in [0.2, 0.25) is 0 Å². The molecule has 0 bridgehead atoms. The minimum absolute atomic E-state index is 0.321. The molecule has 1 aliphatic carbocycles. The van der Waals surface area contributed by atoms with Crippen molar-refractivity contribution in [1.29, 1.82) is 0 Å². The molecule has 2 fully saturated rings. The summed E-state index contributed by atoms with van der Waals surface area (Å²) in [5, 5.41) is 9.25. The molecule has 1 aromatic carbocycles. The Balaban J connectivity index is 1.80. The number of carbonyl (C=O) groups excluding carboxylic acids is 2. The van der Waals surface area contributed by atoms with Gasteiger partial charge in [-0.15, -0.1) is 0 Å². The Labute approximate surface area is 112 Å². The van der Waals surface area contributed by atoms with Crippen molar-refractivity contribution in [2.24, 2.45) is 7.05 Å². The smallest absolute Gasteiger partial charge is 0.322 e. The fourth-order valence-corrected chi connectivity index (χ4v) is 3.01. The van der Waals surface area contributed by atoms with Gasteiger partial charge in [-0.3, -0.25) is 14.8 Å². The number of aromatic nitrogens is 2. The van der Waals surface area contributed by atoms with E-state index in [-0.39, 0.29) is 17.6 Å². The van der Waals surface area contributed by atoms with Gasteiger partial charge >= 0.3 is 6.03 Å². The first kappa shape index (κ1) is 11.4. The van der Waals surface area contributed by atoms with Gasteiger partial charge in [-0.2, -0.15) is 5.10 Å². The number of halogens is 1. The van der Waals surface area contributed by atoms with E-state index in [9.17, 15) is 14.0 Å². The van der Waals surface area contributed by atoms with Crippen LogP contribution in [-0.4, -0.2) is 27.3 Å². The maximum absolute atomic E-state index is 14.5. The standard InChI is InChI=1S/C13H11FN4O2/c1-18-9-3-2-6(10(14)7(9)5-15-18)8-4-13(8)11(19)16-12(20)17-13/h2-3,5,8H,4H2,1H3,(H2,16,17,19,20). The van der Waals surface area contributed by atoms with Crippen molar-refractivity contribution >= 4 is 22.8 Å². The van der Waals surface area contributed by atoms with Gasteiger partial charge in [0.25, 0.3) is 5.91 Å². The highest BCUT2D eigenvalue weighted by Crippen LogP contribution is 2.54. The minimum Gasteiger partial charge on any atom is -0.323 e. The van der Waals surface area contributed by atoms with E-state index in [4.69, 9.17) is 0 Å². The number of hydrogen-bond donors (Lipinski definition) is 2. The van der Waals surface area contributed by atoms with Crippen molar-refractivity contribution in [3.63, 3.8) is 0 Å². The largest absolute Gasteiger partial charge is 0.323 e. The Kier molecular flexibility index (Phi) is 1.91. The van der Waals surface area contributed by atoms with Crippen LogP contribution in [-0.2, 0) is 11.8 Å². The maximum Gasteiger partial charge on any atom is 0.322 e. The summed E-state index contributed by atoms with van der Waals surface area (Å²) in [5.74, 6) is -1.07. The molecule has 2 aliphatic rings. The van der Waals surface area contributed by atoms with Crippen LogP contribution in [0.15, 0.2) is 18.3 Å². The number of nitrogens with one attached hydrogen (secondary N) is 2. The molecule has 1 saturated carbocycles. The van der Waals surface area contributed by atoms with E-state index in [0.717, 1.165) is 0 Å². The fourth-order valence-electron chi connectivity index (χ4n) is 3.01.